The van der Waals surface area contributed by atoms with Gasteiger partial charge in [0.05, 0.1) is 12.2 Å². The number of hydrogen-bond acceptors (Lipinski definition) is 3. The van der Waals surface area contributed by atoms with Crippen molar-refractivity contribution in [1.29, 1.82) is 0 Å². The van der Waals surface area contributed by atoms with Crippen LogP contribution in [0.4, 0.5) is 0 Å². The quantitative estimate of drug-likeness (QED) is 0.797. The van der Waals surface area contributed by atoms with E-state index in [9.17, 15) is 15.0 Å². The molecule has 0 aliphatic heterocycles. The Morgan fingerprint density at radius 2 is 1.09 bits per heavy atom. The van der Waals surface area contributed by atoms with Crippen LogP contribution in [0, 0.1) is 0 Å². The fourth-order valence-electron chi connectivity index (χ4n) is 2.35. The van der Waals surface area contributed by atoms with Crippen molar-refractivity contribution in [2.45, 2.75) is 38.9 Å². The van der Waals surface area contributed by atoms with E-state index >= 15 is 0 Å². The van der Waals surface area contributed by atoms with E-state index in [-0.39, 0.29) is 5.78 Å². The van der Waals surface area contributed by atoms with Gasteiger partial charge in [-0.05, 0) is 24.0 Å². The van der Waals surface area contributed by atoms with Gasteiger partial charge in [-0.1, -0.05) is 62.4 Å². The maximum atomic E-state index is 12.4. The summed E-state index contributed by atoms with van der Waals surface area (Å²) in [5.74, 6) is -0.0601. The SMILES string of the molecule is CCC(O)c1ccc(C(=O)c2ccc(C(O)CC)cc2)cc1. The predicted octanol–water partition coefficient (Wildman–Crippen LogP) is 3.80. The second-order valence-electron chi connectivity index (χ2n) is 5.42. The van der Waals surface area contributed by atoms with E-state index in [1.54, 1.807) is 48.5 Å². The minimum absolute atomic E-state index is 0.0601. The summed E-state index contributed by atoms with van der Waals surface area (Å²) in [4.78, 5) is 12.4. The molecule has 2 aromatic rings. The summed E-state index contributed by atoms with van der Waals surface area (Å²) in [6, 6.07) is 14.1. The highest BCUT2D eigenvalue weighted by atomic mass is 16.3. The molecule has 0 spiro atoms. The van der Waals surface area contributed by atoms with Gasteiger partial charge < -0.3 is 10.2 Å². The van der Waals surface area contributed by atoms with E-state index in [4.69, 9.17) is 0 Å². The summed E-state index contributed by atoms with van der Waals surface area (Å²) < 4.78 is 0. The maximum Gasteiger partial charge on any atom is 0.193 e. The number of hydrogen-bond donors (Lipinski definition) is 2. The molecular weight excluding hydrogens is 276 g/mol. The Labute approximate surface area is 131 Å². The van der Waals surface area contributed by atoms with E-state index < -0.39 is 12.2 Å². The number of aliphatic hydroxyl groups excluding tert-OH is 2. The second kappa shape index (κ2) is 7.34. The summed E-state index contributed by atoms with van der Waals surface area (Å²) in [6.07, 6.45) is 0.321. The first-order valence-electron chi connectivity index (χ1n) is 7.67. The van der Waals surface area contributed by atoms with Crippen LogP contribution in [0.1, 0.15) is 65.9 Å². The molecule has 0 fully saturated rings. The van der Waals surface area contributed by atoms with Crippen LogP contribution in [0.25, 0.3) is 0 Å². The standard InChI is InChI=1S/C19H22O3/c1-3-17(20)13-5-9-15(10-6-13)19(22)16-11-7-14(8-12-16)18(21)4-2/h5-12,17-18,20-21H,3-4H2,1-2H3. The van der Waals surface area contributed by atoms with Crippen LogP contribution in [-0.4, -0.2) is 16.0 Å². The largest absolute Gasteiger partial charge is 0.388 e. The Morgan fingerprint density at radius 1 is 0.773 bits per heavy atom. The number of ketones is 1. The minimum atomic E-state index is -0.487. The topological polar surface area (TPSA) is 57.5 Å². The third kappa shape index (κ3) is 3.62. The lowest BCUT2D eigenvalue weighted by Crippen LogP contribution is -2.03. The zero-order valence-electron chi connectivity index (χ0n) is 13.0. The zero-order chi connectivity index (χ0) is 16.1. The van der Waals surface area contributed by atoms with Crippen LogP contribution >= 0.6 is 0 Å². The van der Waals surface area contributed by atoms with Gasteiger partial charge in [0.1, 0.15) is 0 Å². The molecule has 2 atom stereocenters. The van der Waals surface area contributed by atoms with E-state index in [0.29, 0.717) is 24.0 Å². The van der Waals surface area contributed by atoms with Crippen LogP contribution in [0.5, 0.6) is 0 Å². The molecule has 0 radical (unpaired) electrons. The van der Waals surface area contributed by atoms with E-state index in [2.05, 4.69) is 0 Å². The second-order valence-corrected chi connectivity index (χ2v) is 5.42. The van der Waals surface area contributed by atoms with Crippen LogP contribution in [0.15, 0.2) is 48.5 Å². The monoisotopic (exact) mass is 298 g/mol. The normalized spacial score (nSPS) is 13.6. The zero-order valence-corrected chi connectivity index (χ0v) is 13.0. The average molecular weight is 298 g/mol. The predicted molar refractivity (Wildman–Crippen MR) is 86.8 cm³/mol. The molecule has 22 heavy (non-hydrogen) atoms. The highest BCUT2D eigenvalue weighted by Crippen LogP contribution is 2.20. The molecule has 3 nitrogen and oxygen atoms in total. The lowest BCUT2D eigenvalue weighted by molar-refractivity contribution is 0.103. The van der Waals surface area contributed by atoms with Gasteiger partial charge in [0, 0.05) is 11.1 Å². The smallest absolute Gasteiger partial charge is 0.193 e. The lowest BCUT2D eigenvalue weighted by Gasteiger charge is -2.10. The lowest BCUT2D eigenvalue weighted by atomic mass is 9.98. The molecule has 0 aliphatic rings. The summed E-state index contributed by atoms with van der Waals surface area (Å²) >= 11 is 0. The van der Waals surface area contributed by atoms with Gasteiger partial charge in [-0.3, -0.25) is 4.79 Å². The van der Waals surface area contributed by atoms with Crippen LogP contribution in [0.2, 0.25) is 0 Å². The molecule has 2 aromatic carbocycles. The Balaban J connectivity index is 2.17. The van der Waals surface area contributed by atoms with E-state index in [0.717, 1.165) is 11.1 Å². The average Bonchev–Trinajstić information content (AvgIpc) is 2.60. The minimum Gasteiger partial charge on any atom is -0.388 e. The highest BCUT2D eigenvalue weighted by Gasteiger charge is 2.12. The number of carbonyl (C=O) groups is 1. The molecule has 2 rings (SSSR count). The first-order chi connectivity index (χ1) is 10.6. The van der Waals surface area contributed by atoms with Crippen molar-refractivity contribution in [2.75, 3.05) is 0 Å². The third-order valence-corrected chi connectivity index (χ3v) is 3.89. The first kappa shape index (κ1) is 16.4. The van der Waals surface area contributed by atoms with Gasteiger partial charge in [-0.25, -0.2) is 0 Å². The molecule has 2 N–H and O–H groups in total. The van der Waals surface area contributed by atoms with Crippen molar-refractivity contribution in [1.82, 2.24) is 0 Å². The third-order valence-electron chi connectivity index (χ3n) is 3.89. The Morgan fingerprint density at radius 3 is 1.36 bits per heavy atom. The van der Waals surface area contributed by atoms with E-state index in [1.807, 2.05) is 13.8 Å². The van der Waals surface area contributed by atoms with Crippen LogP contribution in [-0.2, 0) is 0 Å². The summed E-state index contributed by atoms with van der Waals surface area (Å²) in [6.45, 7) is 3.83. The van der Waals surface area contributed by atoms with Gasteiger partial charge in [-0.2, -0.15) is 0 Å². The maximum absolute atomic E-state index is 12.4. The fraction of sp³-hybridized carbons (Fsp3) is 0.316. The van der Waals surface area contributed by atoms with Gasteiger partial charge in [0.25, 0.3) is 0 Å². The van der Waals surface area contributed by atoms with Crippen molar-refractivity contribution < 1.29 is 15.0 Å². The van der Waals surface area contributed by atoms with Crippen molar-refractivity contribution in [2.24, 2.45) is 0 Å². The molecule has 0 amide bonds. The van der Waals surface area contributed by atoms with E-state index in [1.165, 1.54) is 0 Å². The summed E-state index contributed by atoms with van der Waals surface area (Å²) in [7, 11) is 0. The van der Waals surface area contributed by atoms with Crippen LogP contribution < -0.4 is 0 Å². The van der Waals surface area contributed by atoms with Gasteiger partial charge in [-0.15, -0.1) is 0 Å². The molecular formula is C19H22O3. The molecule has 2 unspecified atom stereocenters. The number of benzene rings is 2. The Kier molecular flexibility index (Phi) is 5.47. The molecule has 0 heterocycles. The molecule has 0 aliphatic carbocycles. The number of aliphatic hydroxyl groups is 2. The van der Waals surface area contributed by atoms with Gasteiger partial charge in [0.15, 0.2) is 5.78 Å². The van der Waals surface area contributed by atoms with Crippen molar-refractivity contribution in [3.05, 3.63) is 70.8 Å². The summed E-state index contributed by atoms with van der Waals surface area (Å²) in [5.41, 5.74) is 2.83. The Hall–Kier alpha value is -1.97. The molecule has 0 saturated carbocycles. The molecule has 0 bridgehead atoms. The summed E-state index contributed by atoms with van der Waals surface area (Å²) in [5, 5.41) is 19.5. The molecule has 0 saturated heterocycles. The molecule has 3 heteroatoms. The molecule has 116 valence electrons. The van der Waals surface area contributed by atoms with Crippen LogP contribution in [0.3, 0.4) is 0 Å². The van der Waals surface area contributed by atoms with Crippen molar-refractivity contribution in [3.63, 3.8) is 0 Å². The fourth-order valence-corrected chi connectivity index (χ4v) is 2.35. The first-order valence-corrected chi connectivity index (χ1v) is 7.67. The van der Waals surface area contributed by atoms with Crippen molar-refractivity contribution in [3.8, 4) is 0 Å². The van der Waals surface area contributed by atoms with Gasteiger partial charge >= 0.3 is 0 Å². The number of carbonyl (C=O) groups excluding carboxylic acids is 1. The Bertz CT molecular complexity index is 559. The highest BCUT2D eigenvalue weighted by molar-refractivity contribution is 6.09. The number of rotatable bonds is 6. The molecule has 0 aromatic heterocycles. The van der Waals surface area contributed by atoms with Crippen molar-refractivity contribution >= 4 is 5.78 Å². The van der Waals surface area contributed by atoms with Gasteiger partial charge in [0.2, 0.25) is 0 Å².